The molecule has 0 saturated heterocycles. The summed E-state index contributed by atoms with van der Waals surface area (Å²) in [5.74, 6) is 1.59. The van der Waals surface area contributed by atoms with E-state index in [1.165, 1.54) is 0 Å². The Labute approximate surface area is 69.9 Å². The number of rotatable bonds is 4. The van der Waals surface area contributed by atoms with Crippen molar-refractivity contribution in [3.05, 3.63) is 24.3 Å². The van der Waals surface area contributed by atoms with E-state index in [1.54, 1.807) is 30.4 Å². The maximum Gasteiger partial charge on any atom is 0.0685 e. The lowest BCUT2D eigenvalue weighted by Gasteiger charge is -1.96. The first kappa shape index (κ1) is 8.49. The van der Waals surface area contributed by atoms with Crippen molar-refractivity contribution in [2.45, 2.75) is 5.75 Å². The maximum absolute atomic E-state index is 8.49. The first-order chi connectivity index (χ1) is 5.43. The van der Waals surface area contributed by atoms with Crippen LogP contribution in [0.25, 0.3) is 0 Å². The standard InChI is InChI=1S/C7H10N2OS/c10-3-4-11-6-7-5-8-1-2-9-7/h1-2,5,10H,3-4,6H2. The fraction of sp³-hybridized carbons (Fsp3) is 0.429. The van der Waals surface area contributed by atoms with Crippen molar-refractivity contribution in [3.8, 4) is 0 Å². The van der Waals surface area contributed by atoms with E-state index in [0.29, 0.717) is 0 Å². The molecule has 1 rings (SSSR count). The molecular weight excluding hydrogens is 160 g/mol. The molecule has 0 saturated carbocycles. The zero-order valence-corrected chi connectivity index (χ0v) is 6.92. The lowest BCUT2D eigenvalue weighted by atomic mass is 10.5. The fourth-order valence-corrected chi connectivity index (χ4v) is 1.28. The molecule has 0 atom stereocenters. The number of aromatic nitrogens is 2. The van der Waals surface area contributed by atoms with Crippen LogP contribution in [0.5, 0.6) is 0 Å². The number of nitrogens with zero attached hydrogens (tertiary/aromatic N) is 2. The summed E-state index contributed by atoms with van der Waals surface area (Å²) in [4.78, 5) is 8.01. The zero-order valence-electron chi connectivity index (χ0n) is 6.10. The fourth-order valence-electron chi connectivity index (χ4n) is 0.646. The van der Waals surface area contributed by atoms with Gasteiger partial charge in [-0.3, -0.25) is 9.97 Å². The van der Waals surface area contributed by atoms with Crippen molar-refractivity contribution in [2.24, 2.45) is 0 Å². The van der Waals surface area contributed by atoms with Gasteiger partial charge in [-0.05, 0) is 0 Å². The molecule has 1 aromatic rings. The Hall–Kier alpha value is -0.610. The molecule has 60 valence electrons. The molecular formula is C7H10N2OS. The van der Waals surface area contributed by atoms with E-state index in [1.807, 2.05) is 0 Å². The van der Waals surface area contributed by atoms with Gasteiger partial charge in [0.15, 0.2) is 0 Å². The van der Waals surface area contributed by atoms with Crippen LogP contribution in [0.4, 0.5) is 0 Å². The molecule has 0 aromatic carbocycles. The Morgan fingerprint density at radius 2 is 2.36 bits per heavy atom. The van der Waals surface area contributed by atoms with Gasteiger partial charge in [0.2, 0.25) is 0 Å². The predicted octanol–water partition coefficient (Wildman–Crippen LogP) is 0.702. The number of hydrogen-bond acceptors (Lipinski definition) is 4. The Morgan fingerprint density at radius 3 is 3.00 bits per heavy atom. The SMILES string of the molecule is OCCSCc1cnccn1. The van der Waals surface area contributed by atoms with Crippen molar-refractivity contribution < 1.29 is 5.11 Å². The van der Waals surface area contributed by atoms with E-state index in [2.05, 4.69) is 9.97 Å². The minimum Gasteiger partial charge on any atom is -0.396 e. The second-order valence-corrected chi connectivity index (χ2v) is 3.08. The largest absolute Gasteiger partial charge is 0.396 e. The highest BCUT2D eigenvalue weighted by atomic mass is 32.2. The molecule has 0 spiro atoms. The van der Waals surface area contributed by atoms with Crippen molar-refractivity contribution in [1.82, 2.24) is 9.97 Å². The molecule has 0 aliphatic rings. The number of aliphatic hydroxyl groups is 1. The van der Waals surface area contributed by atoms with Gasteiger partial charge >= 0.3 is 0 Å². The first-order valence-corrected chi connectivity index (χ1v) is 4.52. The normalized spacial score (nSPS) is 9.91. The summed E-state index contributed by atoms with van der Waals surface area (Å²) in [6, 6.07) is 0. The van der Waals surface area contributed by atoms with Crippen molar-refractivity contribution >= 4 is 11.8 Å². The van der Waals surface area contributed by atoms with Crippen molar-refractivity contribution in [3.63, 3.8) is 0 Å². The van der Waals surface area contributed by atoms with Gasteiger partial charge in [-0.2, -0.15) is 11.8 Å². The third-order valence-electron chi connectivity index (χ3n) is 1.10. The molecule has 3 nitrogen and oxygen atoms in total. The van der Waals surface area contributed by atoms with E-state index in [9.17, 15) is 0 Å². The average molecular weight is 170 g/mol. The molecule has 1 aromatic heterocycles. The van der Waals surface area contributed by atoms with Crippen LogP contribution >= 0.6 is 11.8 Å². The van der Waals surface area contributed by atoms with Crippen LogP contribution in [0.15, 0.2) is 18.6 Å². The Balaban J connectivity index is 2.28. The first-order valence-electron chi connectivity index (χ1n) is 3.37. The molecule has 1 N–H and O–H groups in total. The summed E-state index contributed by atoms with van der Waals surface area (Å²) >= 11 is 1.65. The van der Waals surface area contributed by atoms with Crippen molar-refractivity contribution in [2.75, 3.05) is 12.4 Å². The lowest BCUT2D eigenvalue weighted by molar-refractivity contribution is 0.322. The van der Waals surface area contributed by atoms with E-state index in [0.717, 1.165) is 17.2 Å². The summed E-state index contributed by atoms with van der Waals surface area (Å²) in [7, 11) is 0. The van der Waals surface area contributed by atoms with Gasteiger partial charge in [-0.15, -0.1) is 0 Å². The van der Waals surface area contributed by atoms with Crippen LogP contribution in [0, 0.1) is 0 Å². The summed E-state index contributed by atoms with van der Waals surface area (Å²) < 4.78 is 0. The van der Waals surface area contributed by atoms with Crippen molar-refractivity contribution in [1.29, 1.82) is 0 Å². The minimum absolute atomic E-state index is 0.227. The highest BCUT2D eigenvalue weighted by Gasteiger charge is 1.92. The van der Waals surface area contributed by atoms with E-state index in [-0.39, 0.29) is 6.61 Å². The van der Waals surface area contributed by atoms with Gasteiger partial charge < -0.3 is 5.11 Å². The number of hydrogen-bond donors (Lipinski definition) is 1. The van der Waals surface area contributed by atoms with Gasteiger partial charge in [-0.25, -0.2) is 0 Å². The highest BCUT2D eigenvalue weighted by molar-refractivity contribution is 7.98. The number of aliphatic hydroxyl groups excluding tert-OH is 1. The molecule has 0 fully saturated rings. The molecule has 4 heteroatoms. The van der Waals surface area contributed by atoms with Gasteiger partial charge in [0.25, 0.3) is 0 Å². The van der Waals surface area contributed by atoms with Crippen LogP contribution in [0.2, 0.25) is 0 Å². The third kappa shape index (κ3) is 3.34. The predicted molar refractivity (Wildman–Crippen MR) is 45.3 cm³/mol. The quantitative estimate of drug-likeness (QED) is 0.676. The molecule has 11 heavy (non-hydrogen) atoms. The van der Waals surface area contributed by atoms with E-state index < -0.39 is 0 Å². The number of thioether (sulfide) groups is 1. The Morgan fingerprint density at radius 1 is 1.45 bits per heavy atom. The molecule has 0 unspecified atom stereocenters. The van der Waals surface area contributed by atoms with Crippen LogP contribution in [0.1, 0.15) is 5.69 Å². The second-order valence-electron chi connectivity index (χ2n) is 1.97. The van der Waals surface area contributed by atoms with Crippen LogP contribution < -0.4 is 0 Å². The minimum atomic E-state index is 0.227. The van der Waals surface area contributed by atoms with Gasteiger partial charge in [-0.1, -0.05) is 0 Å². The molecule has 0 aliphatic carbocycles. The van der Waals surface area contributed by atoms with Crippen LogP contribution in [-0.2, 0) is 5.75 Å². The third-order valence-corrected chi connectivity index (χ3v) is 2.07. The van der Waals surface area contributed by atoms with Gasteiger partial charge in [0, 0.05) is 30.1 Å². The monoisotopic (exact) mass is 170 g/mol. The smallest absolute Gasteiger partial charge is 0.0685 e. The highest BCUT2D eigenvalue weighted by Crippen LogP contribution is 2.06. The summed E-state index contributed by atoms with van der Waals surface area (Å²) in [6.07, 6.45) is 5.07. The second kappa shape index (κ2) is 5.09. The van der Waals surface area contributed by atoms with E-state index >= 15 is 0 Å². The van der Waals surface area contributed by atoms with E-state index in [4.69, 9.17) is 5.11 Å². The van der Waals surface area contributed by atoms with Gasteiger partial charge in [0.1, 0.15) is 0 Å². The Bertz CT molecular complexity index is 193. The van der Waals surface area contributed by atoms with Crippen LogP contribution in [0.3, 0.4) is 0 Å². The average Bonchev–Trinajstić information content (AvgIpc) is 2.07. The molecule has 0 radical (unpaired) electrons. The Kier molecular flexibility index (Phi) is 3.93. The summed E-state index contributed by atoms with van der Waals surface area (Å²) in [6.45, 7) is 0.227. The summed E-state index contributed by atoms with van der Waals surface area (Å²) in [5, 5.41) is 8.49. The van der Waals surface area contributed by atoms with Crippen LogP contribution in [-0.4, -0.2) is 27.4 Å². The van der Waals surface area contributed by atoms with Gasteiger partial charge in [0.05, 0.1) is 12.3 Å². The topological polar surface area (TPSA) is 46.0 Å². The lowest BCUT2D eigenvalue weighted by Crippen LogP contribution is -1.90. The molecule has 0 amide bonds. The molecule has 1 heterocycles. The molecule has 0 aliphatic heterocycles. The zero-order chi connectivity index (χ0) is 7.94. The maximum atomic E-state index is 8.49. The summed E-state index contributed by atoms with van der Waals surface area (Å²) in [5.41, 5.74) is 0.964. The molecule has 0 bridgehead atoms.